The lowest BCUT2D eigenvalue weighted by Gasteiger charge is -2.07. The first-order valence-electron chi connectivity index (χ1n) is 3.03. The largest absolute Gasteiger partial charge is 0.383 e. The number of hydrogen-bond donors (Lipinski definition) is 3. The molecule has 0 spiro atoms. The Labute approximate surface area is 70.5 Å². The fourth-order valence-electron chi connectivity index (χ4n) is 0.406. The Balaban J connectivity index is 3.15. The summed E-state index contributed by atoms with van der Waals surface area (Å²) in [6.45, 7) is 1.19. The predicted octanol–water partition coefficient (Wildman–Crippen LogP) is -1.24. The molecule has 0 bridgehead atoms. The quantitative estimate of drug-likeness (QED) is 0.212. The molecule has 0 unspecified atom stereocenters. The van der Waals surface area contributed by atoms with Crippen LogP contribution in [0.2, 0.25) is 0 Å². The smallest absolute Gasteiger partial charge is 0.225 e. The lowest BCUT2D eigenvalue weighted by atomic mass is 10.7. The van der Waals surface area contributed by atoms with E-state index in [4.69, 9.17) is 17.0 Å². The SMILES string of the molecule is COCCNC(=S)NNC=O. The molecule has 6 heteroatoms. The molecule has 5 nitrogen and oxygen atoms in total. The number of carbonyl (C=O) groups excluding carboxylic acids is 1. The Morgan fingerprint density at radius 3 is 3.00 bits per heavy atom. The van der Waals surface area contributed by atoms with Gasteiger partial charge in [-0.1, -0.05) is 0 Å². The highest BCUT2D eigenvalue weighted by Gasteiger charge is 1.90. The van der Waals surface area contributed by atoms with Crippen molar-refractivity contribution in [1.29, 1.82) is 0 Å². The van der Waals surface area contributed by atoms with Gasteiger partial charge in [-0.2, -0.15) is 0 Å². The van der Waals surface area contributed by atoms with Gasteiger partial charge in [0.05, 0.1) is 6.61 Å². The number of hydrogen-bond acceptors (Lipinski definition) is 3. The first-order valence-corrected chi connectivity index (χ1v) is 3.44. The van der Waals surface area contributed by atoms with Gasteiger partial charge in [-0.3, -0.25) is 15.6 Å². The van der Waals surface area contributed by atoms with Crippen LogP contribution in [0.5, 0.6) is 0 Å². The van der Waals surface area contributed by atoms with Crippen molar-refractivity contribution in [2.45, 2.75) is 0 Å². The molecule has 0 atom stereocenters. The Morgan fingerprint density at radius 2 is 2.45 bits per heavy atom. The van der Waals surface area contributed by atoms with Gasteiger partial charge in [0.25, 0.3) is 0 Å². The van der Waals surface area contributed by atoms with Crippen LogP contribution >= 0.6 is 12.2 Å². The second kappa shape index (κ2) is 7.23. The molecule has 0 saturated carbocycles. The molecular formula is C5H11N3O2S. The highest BCUT2D eigenvalue weighted by atomic mass is 32.1. The number of amides is 1. The van der Waals surface area contributed by atoms with Crippen LogP contribution in [0.4, 0.5) is 0 Å². The van der Waals surface area contributed by atoms with Crippen LogP contribution in [0, 0.1) is 0 Å². The molecule has 0 radical (unpaired) electrons. The highest BCUT2D eigenvalue weighted by Crippen LogP contribution is 1.65. The van der Waals surface area contributed by atoms with E-state index < -0.39 is 0 Å². The van der Waals surface area contributed by atoms with Crippen molar-refractivity contribution in [2.24, 2.45) is 0 Å². The molecule has 0 aliphatic rings. The van der Waals surface area contributed by atoms with Crippen LogP contribution in [0.3, 0.4) is 0 Å². The van der Waals surface area contributed by atoms with Crippen molar-refractivity contribution in [2.75, 3.05) is 20.3 Å². The molecule has 0 aliphatic heterocycles. The number of nitrogens with one attached hydrogen (secondary N) is 3. The summed E-state index contributed by atoms with van der Waals surface area (Å²) >= 11 is 4.73. The molecule has 0 aromatic carbocycles. The van der Waals surface area contributed by atoms with E-state index in [0.29, 0.717) is 24.7 Å². The number of methoxy groups -OCH3 is 1. The van der Waals surface area contributed by atoms with Crippen LogP contribution in [-0.2, 0) is 9.53 Å². The molecular weight excluding hydrogens is 166 g/mol. The summed E-state index contributed by atoms with van der Waals surface area (Å²) in [4.78, 5) is 9.75. The lowest BCUT2D eigenvalue weighted by molar-refractivity contribution is -0.110. The first kappa shape index (κ1) is 10.1. The third-order valence-corrected chi connectivity index (χ3v) is 1.08. The summed E-state index contributed by atoms with van der Waals surface area (Å²) in [5.41, 5.74) is 4.64. The van der Waals surface area contributed by atoms with Crippen molar-refractivity contribution < 1.29 is 9.53 Å². The van der Waals surface area contributed by atoms with E-state index in [1.165, 1.54) is 0 Å². The Hall–Kier alpha value is -0.880. The van der Waals surface area contributed by atoms with Crippen LogP contribution in [0.25, 0.3) is 0 Å². The molecule has 0 aromatic heterocycles. The van der Waals surface area contributed by atoms with E-state index >= 15 is 0 Å². The van der Waals surface area contributed by atoms with Gasteiger partial charge < -0.3 is 10.1 Å². The molecule has 0 rings (SSSR count). The standard InChI is InChI=1S/C5H11N3O2S/c1-10-3-2-6-5(11)8-7-4-9/h4H,2-3H2,1H3,(H,7,9)(H2,6,8,11). The summed E-state index contributed by atoms with van der Waals surface area (Å²) in [7, 11) is 1.60. The van der Waals surface area contributed by atoms with E-state index in [1.54, 1.807) is 7.11 Å². The minimum atomic E-state index is 0.370. The van der Waals surface area contributed by atoms with Crippen LogP contribution in [-0.4, -0.2) is 31.8 Å². The summed E-state index contributed by atoms with van der Waals surface area (Å²) in [6.07, 6.45) is 0.504. The highest BCUT2D eigenvalue weighted by molar-refractivity contribution is 7.80. The van der Waals surface area contributed by atoms with E-state index in [-0.39, 0.29) is 0 Å². The molecule has 64 valence electrons. The number of ether oxygens (including phenoxy) is 1. The molecule has 3 N–H and O–H groups in total. The zero-order chi connectivity index (χ0) is 8.53. The van der Waals surface area contributed by atoms with Crippen LogP contribution in [0.15, 0.2) is 0 Å². The molecule has 0 saturated heterocycles. The third-order valence-electron chi connectivity index (χ3n) is 0.836. The van der Waals surface area contributed by atoms with E-state index in [0.717, 1.165) is 0 Å². The molecule has 0 fully saturated rings. The summed E-state index contributed by atoms with van der Waals surface area (Å²) < 4.78 is 4.76. The number of carbonyl (C=O) groups is 1. The maximum atomic E-state index is 9.75. The van der Waals surface area contributed by atoms with Gasteiger partial charge in [-0.25, -0.2) is 0 Å². The maximum absolute atomic E-state index is 9.75. The van der Waals surface area contributed by atoms with Crippen molar-refractivity contribution in [3.63, 3.8) is 0 Å². The average molecular weight is 177 g/mol. The van der Waals surface area contributed by atoms with Crippen LogP contribution in [0.1, 0.15) is 0 Å². The summed E-state index contributed by atoms with van der Waals surface area (Å²) in [5.74, 6) is 0. The first-order chi connectivity index (χ1) is 5.31. The van der Waals surface area contributed by atoms with E-state index in [9.17, 15) is 4.79 Å². The Kier molecular flexibility index (Phi) is 6.65. The molecule has 0 aliphatic carbocycles. The third kappa shape index (κ3) is 7.01. The fourth-order valence-corrected chi connectivity index (χ4v) is 0.567. The van der Waals surface area contributed by atoms with Crippen molar-refractivity contribution >= 4 is 23.7 Å². The van der Waals surface area contributed by atoms with Gasteiger partial charge in [0.15, 0.2) is 5.11 Å². The lowest BCUT2D eigenvalue weighted by Crippen LogP contribution is -2.44. The van der Waals surface area contributed by atoms with Crippen molar-refractivity contribution in [3.8, 4) is 0 Å². The number of rotatable bonds is 5. The van der Waals surface area contributed by atoms with Gasteiger partial charge in [0, 0.05) is 13.7 Å². The average Bonchev–Trinajstić information content (AvgIpc) is 2.01. The molecule has 0 aromatic rings. The monoisotopic (exact) mass is 177 g/mol. The normalized spacial score (nSPS) is 8.45. The predicted molar refractivity (Wildman–Crippen MR) is 44.8 cm³/mol. The Morgan fingerprint density at radius 1 is 1.73 bits per heavy atom. The van der Waals surface area contributed by atoms with Gasteiger partial charge in [-0.05, 0) is 12.2 Å². The maximum Gasteiger partial charge on any atom is 0.225 e. The second-order valence-electron chi connectivity index (χ2n) is 1.64. The zero-order valence-electron chi connectivity index (χ0n) is 6.22. The Bertz CT molecular complexity index is 131. The fraction of sp³-hybridized carbons (Fsp3) is 0.600. The minimum absolute atomic E-state index is 0.370. The number of thiocarbonyl (C=S) groups is 1. The minimum Gasteiger partial charge on any atom is -0.383 e. The van der Waals surface area contributed by atoms with Crippen molar-refractivity contribution in [3.05, 3.63) is 0 Å². The van der Waals surface area contributed by atoms with Gasteiger partial charge >= 0.3 is 0 Å². The van der Waals surface area contributed by atoms with Gasteiger partial charge in [-0.15, -0.1) is 0 Å². The second-order valence-corrected chi connectivity index (χ2v) is 2.04. The zero-order valence-corrected chi connectivity index (χ0v) is 7.03. The van der Waals surface area contributed by atoms with Gasteiger partial charge in [0.2, 0.25) is 6.41 Å². The molecule has 11 heavy (non-hydrogen) atoms. The van der Waals surface area contributed by atoms with Crippen LogP contribution < -0.4 is 16.2 Å². The van der Waals surface area contributed by atoms with E-state index in [1.807, 2.05) is 0 Å². The summed E-state index contributed by atoms with van der Waals surface area (Å²) in [6, 6.07) is 0. The summed E-state index contributed by atoms with van der Waals surface area (Å²) in [5, 5.41) is 3.16. The van der Waals surface area contributed by atoms with Crippen molar-refractivity contribution in [1.82, 2.24) is 16.2 Å². The molecule has 0 heterocycles. The molecule has 1 amide bonds. The number of hydrazine groups is 1. The van der Waals surface area contributed by atoms with Gasteiger partial charge in [0.1, 0.15) is 0 Å². The van der Waals surface area contributed by atoms with E-state index in [2.05, 4.69) is 16.2 Å². The topological polar surface area (TPSA) is 62.4 Å².